The van der Waals surface area contributed by atoms with Gasteiger partial charge in [0, 0.05) is 6.54 Å². The Labute approximate surface area is 152 Å². The Morgan fingerprint density at radius 3 is 1.96 bits per heavy atom. The Morgan fingerprint density at radius 1 is 0.960 bits per heavy atom. The number of aliphatic carboxylic acids is 1. The first kappa shape index (κ1) is 23.9. The molecule has 0 aromatic carbocycles. The Balaban J connectivity index is 3.43. The topological polar surface area (TPSA) is 95.9 Å². The molecule has 0 aliphatic heterocycles. The van der Waals surface area contributed by atoms with Crippen LogP contribution >= 0.6 is 0 Å². The number of aliphatic hydroxyl groups excluding tert-OH is 1. The predicted octanol–water partition coefficient (Wildman–Crippen LogP) is 3.26. The Morgan fingerprint density at radius 2 is 1.48 bits per heavy atom. The van der Waals surface area contributed by atoms with E-state index in [2.05, 4.69) is 12.2 Å². The van der Waals surface area contributed by atoms with Crippen LogP contribution < -0.4 is 5.32 Å². The van der Waals surface area contributed by atoms with Crippen molar-refractivity contribution in [3.8, 4) is 0 Å². The van der Waals surface area contributed by atoms with Crippen molar-refractivity contribution in [1.29, 1.82) is 0 Å². The highest BCUT2D eigenvalue weighted by molar-refractivity contribution is 5.74. The average Bonchev–Trinajstić information content (AvgIpc) is 2.55. The number of hydrogen-bond acceptors (Lipinski definition) is 5. The standard InChI is InChI=1S/C19H37NO5/c1-3-4-5-6-7-8-9-10-11-12-15-25-17(22)13-14-20-18(16(2)21)19(23)24/h16,18,20-21H,3-15H2,1-2H3,(H,23,24). The van der Waals surface area contributed by atoms with Gasteiger partial charge in [0.15, 0.2) is 0 Å². The monoisotopic (exact) mass is 359 g/mol. The van der Waals surface area contributed by atoms with E-state index in [1.54, 1.807) is 0 Å². The molecule has 0 rings (SSSR count). The molecule has 0 spiro atoms. The largest absolute Gasteiger partial charge is 0.480 e. The summed E-state index contributed by atoms with van der Waals surface area (Å²) in [7, 11) is 0. The molecule has 0 radical (unpaired) electrons. The number of aliphatic hydroxyl groups is 1. The first-order valence-electron chi connectivity index (χ1n) is 9.79. The summed E-state index contributed by atoms with van der Waals surface area (Å²) in [4.78, 5) is 22.4. The van der Waals surface area contributed by atoms with Crippen LogP contribution in [-0.4, -0.2) is 47.4 Å². The molecule has 0 aliphatic rings. The van der Waals surface area contributed by atoms with Crippen LogP contribution in [-0.2, 0) is 14.3 Å². The molecular weight excluding hydrogens is 322 g/mol. The van der Waals surface area contributed by atoms with Crippen molar-refractivity contribution < 1.29 is 24.5 Å². The van der Waals surface area contributed by atoms with E-state index < -0.39 is 18.1 Å². The van der Waals surface area contributed by atoms with Crippen LogP contribution in [0.25, 0.3) is 0 Å². The number of ether oxygens (including phenoxy) is 1. The molecule has 6 nitrogen and oxygen atoms in total. The number of nitrogens with one attached hydrogen (secondary N) is 1. The van der Waals surface area contributed by atoms with E-state index in [4.69, 9.17) is 9.84 Å². The minimum absolute atomic E-state index is 0.105. The van der Waals surface area contributed by atoms with E-state index >= 15 is 0 Å². The summed E-state index contributed by atoms with van der Waals surface area (Å²) in [5.74, 6) is -1.47. The molecule has 25 heavy (non-hydrogen) atoms. The fourth-order valence-corrected chi connectivity index (χ4v) is 2.64. The first-order chi connectivity index (χ1) is 12.0. The summed E-state index contributed by atoms with van der Waals surface area (Å²) in [6.07, 6.45) is 11.4. The van der Waals surface area contributed by atoms with E-state index in [0.717, 1.165) is 12.8 Å². The lowest BCUT2D eigenvalue weighted by molar-refractivity contribution is -0.145. The predicted molar refractivity (Wildman–Crippen MR) is 98.5 cm³/mol. The molecule has 6 heteroatoms. The highest BCUT2D eigenvalue weighted by atomic mass is 16.5. The van der Waals surface area contributed by atoms with Crippen LogP contribution in [0.3, 0.4) is 0 Å². The molecule has 0 aromatic rings. The quantitative estimate of drug-likeness (QED) is 0.272. The third-order valence-electron chi connectivity index (χ3n) is 4.20. The van der Waals surface area contributed by atoms with Gasteiger partial charge in [-0.05, 0) is 13.3 Å². The fraction of sp³-hybridized carbons (Fsp3) is 0.895. The lowest BCUT2D eigenvalue weighted by atomic mass is 10.1. The van der Waals surface area contributed by atoms with Crippen molar-refractivity contribution in [2.45, 2.75) is 96.6 Å². The summed E-state index contributed by atoms with van der Waals surface area (Å²) >= 11 is 0. The molecular formula is C19H37NO5. The number of carboxylic acids is 1. The zero-order valence-corrected chi connectivity index (χ0v) is 16.0. The average molecular weight is 360 g/mol. The number of unbranched alkanes of at least 4 members (excludes halogenated alkanes) is 9. The van der Waals surface area contributed by atoms with Gasteiger partial charge in [-0.25, -0.2) is 0 Å². The second-order valence-corrected chi connectivity index (χ2v) is 6.66. The van der Waals surface area contributed by atoms with Gasteiger partial charge in [0.05, 0.1) is 19.1 Å². The Kier molecular flexibility index (Phi) is 15.6. The van der Waals surface area contributed by atoms with Crippen LogP contribution in [0, 0.1) is 0 Å². The SMILES string of the molecule is CCCCCCCCCCCCOC(=O)CCNC(C(=O)O)C(C)O. The summed E-state index contributed by atoms with van der Waals surface area (Å²) in [6.45, 7) is 4.23. The van der Waals surface area contributed by atoms with Crippen LogP contribution in [0.1, 0.15) is 84.5 Å². The van der Waals surface area contributed by atoms with E-state index in [1.165, 1.54) is 58.3 Å². The van der Waals surface area contributed by atoms with E-state index in [0.29, 0.717) is 6.61 Å². The Hall–Kier alpha value is -1.14. The van der Waals surface area contributed by atoms with Gasteiger partial charge < -0.3 is 20.3 Å². The molecule has 2 atom stereocenters. The van der Waals surface area contributed by atoms with Crippen LogP contribution in [0.2, 0.25) is 0 Å². The summed E-state index contributed by atoms with van der Waals surface area (Å²) in [5.41, 5.74) is 0. The second-order valence-electron chi connectivity index (χ2n) is 6.66. The van der Waals surface area contributed by atoms with Gasteiger partial charge in [0.25, 0.3) is 0 Å². The second kappa shape index (κ2) is 16.3. The molecule has 0 saturated carbocycles. The van der Waals surface area contributed by atoms with Crippen molar-refractivity contribution in [2.75, 3.05) is 13.2 Å². The number of carbonyl (C=O) groups excluding carboxylic acids is 1. The number of esters is 1. The fourth-order valence-electron chi connectivity index (χ4n) is 2.64. The van der Waals surface area contributed by atoms with Gasteiger partial charge in [0.2, 0.25) is 0 Å². The van der Waals surface area contributed by atoms with Crippen molar-refractivity contribution in [2.24, 2.45) is 0 Å². The zero-order chi connectivity index (χ0) is 18.9. The molecule has 0 amide bonds. The highest BCUT2D eigenvalue weighted by Crippen LogP contribution is 2.10. The van der Waals surface area contributed by atoms with Gasteiger partial charge in [-0.2, -0.15) is 0 Å². The molecule has 148 valence electrons. The molecule has 0 bridgehead atoms. The van der Waals surface area contributed by atoms with Crippen LogP contribution in [0.5, 0.6) is 0 Å². The first-order valence-corrected chi connectivity index (χ1v) is 9.79. The molecule has 0 heterocycles. The maximum absolute atomic E-state index is 11.6. The van der Waals surface area contributed by atoms with E-state index in [9.17, 15) is 14.7 Å². The third kappa shape index (κ3) is 14.9. The third-order valence-corrected chi connectivity index (χ3v) is 4.20. The van der Waals surface area contributed by atoms with Crippen molar-refractivity contribution >= 4 is 11.9 Å². The number of carboxylic acid groups (broad SMARTS) is 1. The highest BCUT2D eigenvalue weighted by Gasteiger charge is 2.22. The minimum Gasteiger partial charge on any atom is -0.480 e. The zero-order valence-electron chi connectivity index (χ0n) is 16.0. The van der Waals surface area contributed by atoms with Crippen molar-refractivity contribution in [3.63, 3.8) is 0 Å². The molecule has 3 N–H and O–H groups in total. The van der Waals surface area contributed by atoms with Crippen molar-refractivity contribution in [1.82, 2.24) is 5.32 Å². The number of carbonyl (C=O) groups is 2. The summed E-state index contributed by atoms with van der Waals surface area (Å²) in [5, 5.41) is 20.8. The molecule has 0 fully saturated rings. The number of hydrogen-bond donors (Lipinski definition) is 3. The van der Waals surface area contributed by atoms with E-state index in [1.807, 2.05) is 0 Å². The van der Waals surface area contributed by atoms with Gasteiger partial charge in [-0.3, -0.25) is 9.59 Å². The van der Waals surface area contributed by atoms with Crippen LogP contribution in [0.15, 0.2) is 0 Å². The molecule has 0 saturated heterocycles. The van der Waals surface area contributed by atoms with Gasteiger partial charge >= 0.3 is 11.9 Å². The van der Waals surface area contributed by atoms with Gasteiger partial charge in [0.1, 0.15) is 6.04 Å². The van der Waals surface area contributed by atoms with Gasteiger partial charge in [-0.1, -0.05) is 64.7 Å². The molecule has 0 aromatic heterocycles. The van der Waals surface area contributed by atoms with Crippen LogP contribution in [0.4, 0.5) is 0 Å². The number of rotatable bonds is 17. The lowest BCUT2D eigenvalue weighted by Crippen LogP contribution is -2.45. The Bertz CT molecular complexity index is 347. The maximum atomic E-state index is 11.6. The molecule has 2 unspecified atom stereocenters. The van der Waals surface area contributed by atoms with E-state index in [-0.39, 0.29) is 18.9 Å². The molecule has 0 aliphatic carbocycles. The normalized spacial score (nSPS) is 13.4. The van der Waals surface area contributed by atoms with Crippen molar-refractivity contribution in [3.05, 3.63) is 0 Å². The van der Waals surface area contributed by atoms with Gasteiger partial charge in [-0.15, -0.1) is 0 Å². The summed E-state index contributed by atoms with van der Waals surface area (Å²) < 4.78 is 5.13. The maximum Gasteiger partial charge on any atom is 0.323 e. The lowest BCUT2D eigenvalue weighted by Gasteiger charge is -2.16. The summed E-state index contributed by atoms with van der Waals surface area (Å²) in [6, 6.07) is -1.06. The smallest absolute Gasteiger partial charge is 0.323 e. The minimum atomic E-state index is -1.13.